The molecule has 0 spiro atoms. The van der Waals surface area contributed by atoms with Crippen molar-refractivity contribution in [2.45, 2.75) is 9.79 Å². The van der Waals surface area contributed by atoms with E-state index in [0.29, 0.717) is 5.69 Å². The molecule has 3 aromatic carbocycles. The molecular formula is C22H20FN3O2S. The van der Waals surface area contributed by atoms with Crippen molar-refractivity contribution in [1.29, 1.82) is 0 Å². The molecule has 0 heterocycles. The highest BCUT2D eigenvalue weighted by atomic mass is 32.2. The molecule has 3 N–H and O–H groups in total. The Balaban J connectivity index is 1.47. The van der Waals surface area contributed by atoms with E-state index in [-0.39, 0.29) is 30.7 Å². The molecule has 7 heteroatoms. The van der Waals surface area contributed by atoms with E-state index < -0.39 is 0 Å². The van der Waals surface area contributed by atoms with Gasteiger partial charge in [-0.3, -0.25) is 9.59 Å². The van der Waals surface area contributed by atoms with Crippen LogP contribution in [-0.2, 0) is 9.59 Å². The third-order valence-corrected chi connectivity index (χ3v) is 4.96. The summed E-state index contributed by atoms with van der Waals surface area (Å²) >= 11 is 1.60. The summed E-state index contributed by atoms with van der Waals surface area (Å²) in [6, 6.07) is 23.1. The number of anilines is 2. The van der Waals surface area contributed by atoms with Crippen molar-refractivity contribution < 1.29 is 14.0 Å². The van der Waals surface area contributed by atoms with Gasteiger partial charge in [0.15, 0.2) is 0 Å². The van der Waals surface area contributed by atoms with Gasteiger partial charge in [-0.1, -0.05) is 42.1 Å². The highest BCUT2D eigenvalue weighted by molar-refractivity contribution is 7.99. The van der Waals surface area contributed by atoms with Crippen molar-refractivity contribution in [2.75, 3.05) is 23.7 Å². The number of halogens is 1. The summed E-state index contributed by atoms with van der Waals surface area (Å²) in [6.45, 7) is -0.130. The lowest BCUT2D eigenvalue weighted by Gasteiger charge is -2.12. The summed E-state index contributed by atoms with van der Waals surface area (Å²) in [5, 5.41) is 8.26. The van der Waals surface area contributed by atoms with E-state index in [4.69, 9.17) is 0 Å². The molecule has 3 aromatic rings. The van der Waals surface area contributed by atoms with Gasteiger partial charge in [0.05, 0.1) is 13.1 Å². The second-order valence-corrected chi connectivity index (χ2v) is 7.21. The molecule has 0 unspecified atom stereocenters. The molecule has 0 radical (unpaired) electrons. The first-order valence-corrected chi connectivity index (χ1v) is 9.80. The summed E-state index contributed by atoms with van der Waals surface area (Å²) in [7, 11) is 0. The number of carbonyl (C=O) groups excluding carboxylic acids is 2. The summed E-state index contributed by atoms with van der Waals surface area (Å²) < 4.78 is 12.9. The normalized spacial score (nSPS) is 10.2. The predicted octanol–water partition coefficient (Wildman–Crippen LogP) is 4.14. The fourth-order valence-corrected chi connectivity index (χ4v) is 3.42. The third kappa shape index (κ3) is 6.65. The molecular weight excluding hydrogens is 389 g/mol. The Labute approximate surface area is 172 Å². The molecule has 0 atom stereocenters. The van der Waals surface area contributed by atoms with Crippen LogP contribution in [0.25, 0.3) is 0 Å². The zero-order valence-electron chi connectivity index (χ0n) is 15.5. The molecule has 0 saturated carbocycles. The highest BCUT2D eigenvalue weighted by Gasteiger charge is 2.08. The number of amides is 2. The maximum atomic E-state index is 12.9. The Kier molecular flexibility index (Phi) is 7.24. The van der Waals surface area contributed by atoms with E-state index in [2.05, 4.69) is 16.0 Å². The van der Waals surface area contributed by atoms with E-state index in [0.717, 1.165) is 15.5 Å². The first-order chi connectivity index (χ1) is 14.1. The molecule has 0 aliphatic rings. The van der Waals surface area contributed by atoms with Crippen molar-refractivity contribution >= 4 is 35.0 Å². The molecule has 5 nitrogen and oxygen atoms in total. The second-order valence-electron chi connectivity index (χ2n) is 6.10. The summed E-state index contributed by atoms with van der Waals surface area (Å²) in [4.78, 5) is 26.1. The van der Waals surface area contributed by atoms with Crippen molar-refractivity contribution in [2.24, 2.45) is 0 Å². The topological polar surface area (TPSA) is 70.2 Å². The zero-order chi connectivity index (χ0) is 20.5. The molecule has 0 bridgehead atoms. The summed E-state index contributed by atoms with van der Waals surface area (Å²) in [5.74, 6) is -1.07. The molecule has 0 aromatic heterocycles. The minimum absolute atomic E-state index is 0.0379. The molecule has 0 aliphatic heterocycles. The van der Waals surface area contributed by atoms with Crippen LogP contribution in [0.1, 0.15) is 0 Å². The van der Waals surface area contributed by atoms with Gasteiger partial charge >= 0.3 is 0 Å². The average Bonchev–Trinajstić information content (AvgIpc) is 2.74. The molecule has 0 saturated heterocycles. The van der Waals surface area contributed by atoms with Gasteiger partial charge in [0.1, 0.15) is 5.82 Å². The standard InChI is InChI=1S/C22H20FN3O2S/c23-16-10-12-17(13-11-16)26-22(28)15-25-21(27)14-24-19-8-4-5-9-20(19)29-18-6-2-1-3-7-18/h1-13,24H,14-15H2,(H,25,27)(H,26,28). The lowest BCUT2D eigenvalue weighted by molar-refractivity contribution is -0.122. The maximum absolute atomic E-state index is 12.9. The lowest BCUT2D eigenvalue weighted by Crippen LogP contribution is -2.36. The van der Waals surface area contributed by atoms with Crippen molar-refractivity contribution in [3.63, 3.8) is 0 Å². The maximum Gasteiger partial charge on any atom is 0.243 e. The summed E-state index contributed by atoms with van der Waals surface area (Å²) in [6.07, 6.45) is 0. The monoisotopic (exact) mass is 409 g/mol. The van der Waals surface area contributed by atoms with Gasteiger partial charge in [-0.15, -0.1) is 0 Å². The van der Waals surface area contributed by atoms with Crippen LogP contribution in [0.5, 0.6) is 0 Å². The Morgan fingerprint density at radius 1 is 0.793 bits per heavy atom. The van der Waals surface area contributed by atoms with Crippen molar-refractivity contribution in [3.05, 3.63) is 84.7 Å². The van der Waals surface area contributed by atoms with Crippen LogP contribution in [0.3, 0.4) is 0 Å². The minimum atomic E-state index is -0.384. The average molecular weight is 409 g/mol. The SMILES string of the molecule is O=C(CNc1ccccc1Sc1ccccc1)NCC(=O)Nc1ccc(F)cc1. The second kappa shape index (κ2) is 10.3. The minimum Gasteiger partial charge on any atom is -0.375 e. The van der Waals surface area contributed by atoms with Gasteiger partial charge in [0.2, 0.25) is 11.8 Å². The van der Waals surface area contributed by atoms with Gasteiger partial charge in [-0.25, -0.2) is 4.39 Å². The van der Waals surface area contributed by atoms with Crippen molar-refractivity contribution in [1.82, 2.24) is 5.32 Å². The van der Waals surface area contributed by atoms with E-state index in [1.165, 1.54) is 24.3 Å². The molecule has 29 heavy (non-hydrogen) atoms. The third-order valence-electron chi connectivity index (χ3n) is 3.87. The molecule has 148 valence electrons. The Morgan fingerprint density at radius 3 is 2.24 bits per heavy atom. The summed E-state index contributed by atoms with van der Waals surface area (Å²) in [5.41, 5.74) is 1.31. The van der Waals surface area contributed by atoms with Crippen LogP contribution in [0.4, 0.5) is 15.8 Å². The first-order valence-electron chi connectivity index (χ1n) is 8.98. The number of carbonyl (C=O) groups is 2. The van der Waals surface area contributed by atoms with E-state index in [1.807, 2.05) is 54.6 Å². The van der Waals surface area contributed by atoms with Gasteiger partial charge in [-0.05, 0) is 48.5 Å². The molecule has 0 aliphatic carbocycles. The van der Waals surface area contributed by atoms with Gasteiger partial charge in [0, 0.05) is 21.2 Å². The van der Waals surface area contributed by atoms with Gasteiger partial charge in [0.25, 0.3) is 0 Å². The number of hydrogen-bond donors (Lipinski definition) is 3. The van der Waals surface area contributed by atoms with Gasteiger partial charge in [-0.2, -0.15) is 0 Å². The molecule has 3 rings (SSSR count). The number of nitrogens with one attached hydrogen (secondary N) is 3. The van der Waals surface area contributed by atoms with Crippen LogP contribution in [-0.4, -0.2) is 24.9 Å². The van der Waals surface area contributed by atoms with Crippen molar-refractivity contribution in [3.8, 4) is 0 Å². The molecule has 2 amide bonds. The predicted molar refractivity (Wildman–Crippen MR) is 114 cm³/mol. The Morgan fingerprint density at radius 2 is 1.48 bits per heavy atom. The Bertz CT molecular complexity index is 965. The Hall–Kier alpha value is -3.32. The van der Waals surface area contributed by atoms with Crippen LogP contribution < -0.4 is 16.0 Å². The van der Waals surface area contributed by atoms with Crippen LogP contribution in [0.15, 0.2) is 88.7 Å². The van der Waals surface area contributed by atoms with E-state index in [1.54, 1.807) is 11.8 Å². The lowest BCUT2D eigenvalue weighted by atomic mass is 10.3. The van der Waals surface area contributed by atoms with E-state index in [9.17, 15) is 14.0 Å². The van der Waals surface area contributed by atoms with Crippen LogP contribution >= 0.6 is 11.8 Å². The highest BCUT2D eigenvalue weighted by Crippen LogP contribution is 2.32. The zero-order valence-corrected chi connectivity index (χ0v) is 16.3. The number of rotatable bonds is 8. The van der Waals surface area contributed by atoms with Crippen LogP contribution in [0.2, 0.25) is 0 Å². The number of para-hydroxylation sites is 1. The number of benzene rings is 3. The van der Waals surface area contributed by atoms with E-state index >= 15 is 0 Å². The number of hydrogen-bond acceptors (Lipinski definition) is 4. The first kappa shape index (κ1) is 20.4. The van der Waals surface area contributed by atoms with Crippen LogP contribution in [0, 0.1) is 5.82 Å². The quantitative estimate of drug-likeness (QED) is 0.523. The van der Waals surface area contributed by atoms with Gasteiger partial charge < -0.3 is 16.0 Å². The largest absolute Gasteiger partial charge is 0.375 e. The molecule has 0 fully saturated rings. The smallest absolute Gasteiger partial charge is 0.243 e. The fraction of sp³-hybridized carbons (Fsp3) is 0.0909. The fourth-order valence-electron chi connectivity index (χ4n) is 2.47.